The van der Waals surface area contributed by atoms with Crippen molar-refractivity contribution in [3.63, 3.8) is 0 Å². The quantitative estimate of drug-likeness (QED) is 0.770. The van der Waals surface area contributed by atoms with Crippen molar-refractivity contribution < 1.29 is 23.0 Å². The van der Waals surface area contributed by atoms with Crippen molar-refractivity contribution in [3.8, 4) is 11.5 Å². The molecule has 5 nitrogen and oxygen atoms in total. The van der Waals surface area contributed by atoms with Crippen molar-refractivity contribution in [2.75, 3.05) is 7.11 Å². The maximum Gasteiger partial charge on any atom is 0.387 e. The first-order chi connectivity index (χ1) is 9.97. The standard InChI is InChI=1S/C14H20F2N2O3/c1-3-4-11(17)13(19)18-8-9-7-10(20-2)5-6-12(9)21-14(15)16/h5-7,11,14H,3-4,8,17H2,1-2H3,(H,18,19). The van der Waals surface area contributed by atoms with Gasteiger partial charge in [0.1, 0.15) is 11.5 Å². The van der Waals surface area contributed by atoms with Gasteiger partial charge in [0.05, 0.1) is 13.2 Å². The number of carbonyl (C=O) groups excluding carboxylic acids is 1. The summed E-state index contributed by atoms with van der Waals surface area (Å²) in [4.78, 5) is 11.7. The molecule has 0 aliphatic rings. The molecular weight excluding hydrogens is 282 g/mol. The van der Waals surface area contributed by atoms with Crippen LogP contribution in [0.15, 0.2) is 18.2 Å². The van der Waals surface area contributed by atoms with Crippen molar-refractivity contribution in [1.29, 1.82) is 0 Å². The molecule has 1 atom stereocenters. The number of hydrogen-bond acceptors (Lipinski definition) is 4. The zero-order valence-electron chi connectivity index (χ0n) is 12.1. The van der Waals surface area contributed by atoms with Gasteiger partial charge in [-0.15, -0.1) is 0 Å². The Hall–Kier alpha value is -1.89. The first kappa shape index (κ1) is 17.2. The molecule has 21 heavy (non-hydrogen) atoms. The molecule has 1 aromatic carbocycles. The Labute approximate surface area is 122 Å². The molecule has 0 saturated heterocycles. The summed E-state index contributed by atoms with van der Waals surface area (Å²) in [6.07, 6.45) is 1.35. The van der Waals surface area contributed by atoms with Gasteiger partial charge < -0.3 is 20.5 Å². The normalized spacial score (nSPS) is 12.1. The summed E-state index contributed by atoms with van der Waals surface area (Å²) in [7, 11) is 1.46. The number of rotatable bonds is 8. The summed E-state index contributed by atoms with van der Waals surface area (Å²) in [6.45, 7) is -0.977. The van der Waals surface area contributed by atoms with Gasteiger partial charge in [0.2, 0.25) is 5.91 Å². The highest BCUT2D eigenvalue weighted by Gasteiger charge is 2.15. The van der Waals surface area contributed by atoms with Gasteiger partial charge in [-0.25, -0.2) is 0 Å². The van der Waals surface area contributed by atoms with E-state index in [2.05, 4.69) is 10.1 Å². The zero-order chi connectivity index (χ0) is 15.8. The van der Waals surface area contributed by atoms with E-state index in [-0.39, 0.29) is 18.2 Å². The lowest BCUT2D eigenvalue weighted by Crippen LogP contribution is -2.40. The molecule has 0 saturated carbocycles. The molecule has 0 aromatic heterocycles. The van der Waals surface area contributed by atoms with Crippen LogP contribution in [0.25, 0.3) is 0 Å². The summed E-state index contributed by atoms with van der Waals surface area (Å²) in [5, 5.41) is 2.60. The fourth-order valence-corrected chi connectivity index (χ4v) is 1.79. The number of amides is 1. The molecule has 3 N–H and O–H groups in total. The van der Waals surface area contributed by atoms with E-state index in [1.807, 2.05) is 6.92 Å². The minimum absolute atomic E-state index is 0.00448. The predicted octanol–water partition coefficient (Wildman–Crippen LogP) is 2.04. The van der Waals surface area contributed by atoms with Crippen LogP contribution in [0.4, 0.5) is 8.78 Å². The van der Waals surface area contributed by atoms with Crippen LogP contribution in [0.3, 0.4) is 0 Å². The minimum Gasteiger partial charge on any atom is -0.497 e. The van der Waals surface area contributed by atoms with Crippen LogP contribution in [0.1, 0.15) is 25.3 Å². The Kier molecular flexibility index (Phi) is 6.87. The molecule has 1 amide bonds. The maximum absolute atomic E-state index is 12.3. The van der Waals surface area contributed by atoms with E-state index in [0.29, 0.717) is 17.7 Å². The fourth-order valence-electron chi connectivity index (χ4n) is 1.79. The van der Waals surface area contributed by atoms with Gasteiger partial charge in [-0.05, 0) is 24.6 Å². The van der Waals surface area contributed by atoms with E-state index >= 15 is 0 Å². The second kappa shape index (κ2) is 8.41. The van der Waals surface area contributed by atoms with Gasteiger partial charge in [0.25, 0.3) is 0 Å². The molecule has 1 rings (SSSR count). The predicted molar refractivity (Wildman–Crippen MR) is 74.4 cm³/mol. The number of carbonyl (C=O) groups is 1. The average Bonchev–Trinajstić information content (AvgIpc) is 2.45. The van der Waals surface area contributed by atoms with Gasteiger partial charge in [0.15, 0.2) is 0 Å². The Morgan fingerprint density at radius 2 is 2.14 bits per heavy atom. The van der Waals surface area contributed by atoms with Crippen LogP contribution in [0, 0.1) is 0 Å². The number of methoxy groups -OCH3 is 1. The lowest BCUT2D eigenvalue weighted by atomic mass is 10.1. The second-order valence-corrected chi connectivity index (χ2v) is 4.47. The number of ether oxygens (including phenoxy) is 2. The van der Waals surface area contributed by atoms with Gasteiger partial charge in [0, 0.05) is 12.1 Å². The summed E-state index contributed by atoms with van der Waals surface area (Å²) >= 11 is 0. The summed E-state index contributed by atoms with van der Waals surface area (Å²) in [6, 6.07) is 3.80. The molecule has 0 radical (unpaired) electrons. The van der Waals surface area contributed by atoms with Crippen molar-refractivity contribution in [3.05, 3.63) is 23.8 Å². The number of halogens is 2. The molecule has 0 fully saturated rings. The third-order valence-corrected chi connectivity index (χ3v) is 2.87. The smallest absolute Gasteiger partial charge is 0.387 e. The number of nitrogens with one attached hydrogen (secondary N) is 1. The van der Waals surface area contributed by atoms with Crippen molar-refractivity contribution in [2.24, 2.45) is 5.73 Å². The highest BCUT2D eigenvalue weighted by Crippen LogP contribution is 2.25. The molecule has 0 aliphatic heterocycles. The molecule has 1 unspecified atom stereocenters. The van der Waals surface area contributed by atoms with Gasteiger partial charge in [-0.1, -0.05) is 13.3 Å². The molecule has 118 valence electrons. The summed E-state index contributed by atoms with van der Waals surface area (Å²) < 4.78 is 34.1. The highest BCUT2D eigenvalue weighted by molar-refractivity contribution is 5.81. The SMILES string of the molecule is CCCC(N)C(=O)NCc1cc(OC)ccc1OC(F)F. The van der Waals surface area contributed by atoms with Crippen LogP contribution >= 0.6 is 0 Å². The number of hydrogen-bond donors (Lipinski definition) is 2. The molecule has 0 aliphatic carbocycles. The third-order valence-electron chi connectivity index (χ3n) is 2.87. The topological polar surface area (TPSA) is 73.6 Å². The number of benzene rings is 1. The highest BCUT2D eigenvalue weighted by atomic mass is 19.3. The third kappa shape index (κ3) is 5.55. The monoisotopic (exact) mass is 302 g/mol. The minimum atomic E-state index is -2.94. The summed E-state index contributed by atoms with van der Waals surface area (Å²) in [5.74, 6) is 0.150. The first-order valence-electron chi connectivity index (χ1n) is 6.63. The van der Waals surface area contributed by atoms with E-state index in [1.54, 1.807) is 0 Å². The molecule has 0 heterocycles. The van der Waals surface area contributed by atoms with Crippen LogP contribution in [0.5, 0.6) is 11.5 Å². The zero-order valence-corrected chi connectivity index (χ0v) is 12.1. The second-order valence-electron chi connectivity index (χ2n) is 4.47. The van der Waals surface area contributed by atoms with Crippen molar-refractivity contribution >= 4 is 5.91 Å². The molecule has 0 spiro atoms. The van der Waals surface area contributed by atoms with Gasteiger partial charge in [-0.2, -0.15) is 8.78 Å². The van der Waals surface area contributed by atoms with Crippen LogP contribution < -0.4 is 20.5 Å². The van der Waals surface area contributed by atoms with Crippen molar-refractivity contribution in [1.82, 2.24) is 5.32 Å². The molecule has 0 bridgehead atoms. The fraction of sp³-hybridized carbons (Fsp3) is 0.500. The van der Waals surface area contributed by atoms with Gasteiger partial charge >= 0.3 is 6.61 Å². The van der Waals surface area contributed by atoms with E-state index in [1.165, 1.54) is 25.3 Å². The summed E-state index contributed by atoms with van der Waals surface area (Å²) in [5.41, 5.74) is 6.07. The molecule has 7 heteroatoms. The first-order valence-corrected chi connectivity index (χ1v) is 6.63. The van der Waals surface area contributed by atoms with Gasteiger partial charge in [-0.3, -0.25) is 4.79 Å². The lowest BCUT2D eigenvalue weighted by Gasteiger charge is -2.15. The Bertz CT molecular complexity index is 470. The number of alkyl halides is 2. The van der Waals surface area contributed by atoms with E-state index < -0.39 is 12.7 Å². The Morgan fingerprint density at radius 1 is 1.43 bits per heavy atom. The average molecular weight is 302 g/mol. The van der Waals surface area contributed by atoms with E-state index in [9.17, 15) is 13.6 Å². The Morgan fingerprint density at radius 3 is 2.71 bits per heavy atom. The van der Waals surface area contributed by atoms with Crippen molar-refractivity contribution in [2.45, 2.75) is 39.0 Å². The van der Waals surface area contributed by atoms with E-state index in [0.717, 1.165) is 6.42 Å². The van der Waals surface area contributed by atoms with E-state index in [4.69, 9.17) is 10.5 Å². The molecule has 1 aromatic rings. The number of nitrogens with two attached hydrogens (primary N) is 1. The largest absolute Gasteiger partial charge is 0.497 e. The maximum atomic E-state index is 12.3. The Balaban J connectivity index is 2.77. The molecular formula is C14H20F2N2O3. The van der Waals surface area contributed by atoms with Crippen LogP contribution in [-0.2, 0) is 11.3 Å². The lowest BCUT2D eigenvalue weighted by molar-refractivity contribution is -0.122. The van der Waals surface area contributed by atoms with Crippen LogP contribution in [-0.4, -0.2) is 25.7 Å². The van der Waals surface area contributed by atoms with Crippen LogP contribution in [0.2, 0.25) is 0 Å².